The molecule has 15 heavy (non-hydrogen) atoms. The zero-order valence-electron chi connectivity index (χ0n) is 9.00. The van der Waals surface area contributed by atoms with Crippen molar-refractivity contribution >= 4 is 15.9 Å². The van der Waals surface area contributed by atoms with Crippen molar-refractivity contribution in [2.45, 2.75) is 25.2 Å². The summed E-state index contributed by atoms with van der Waals surface area (Å²) in [6.07, 6.45) is 0. The molecule has 0 bridgehead atoms. The fourth-order valence-electron chi connectivity index (χ4n) is 1.85. The number of alkyl halides is 1. The highest BCUT2D eigenvalue weighted by atomic mass is 79.9. The quantitative estimate of drug-likeness (QED) is 0.770. The summed E-state index contributed by atoms with van der Waals surface area (Å²) in [6, 6.07) is 10.2. The Bertz CT molecular complexity index is 337. The van der Waals surface area contributed by atoms with Crippen molar-refractivity contribution in [2.75, 3.05) is 11.9 Å². The molecule has 0 amide bonds. The fourth-order valence-corrected chi connectivity index (χ4v) is 2.45. The molecule has 0 aliphatic carbocycles. The average molecular weight is 271 g/mol. The SMILES string of the molecule is CC1(C)OC[C@](CBr)(c2ccccc2)O1. The first-order valence-corrected chi connectivity index (χ1v) is 6.16. The van der Waals surface area contributed by atoms with Gasteiger partial charge in [-0.05, 0) is 19.4 Å². The summed E-state index contributed by atoms with van der Waals surface area (Å²) < 4.78 is 11.7. The normalized spacial score (nSPS) is 29.3. The summed E-state index contributed by atoms with van der Waals surface area (Å²) in [7, 11) is 0. The molecule has 0 aromatic heterocycles. The van der Waals surface area contributed by atoms with Gasteiger partial charge in [-0.2, -0.15) is 0 Å². The Morgan fingerprint density at radius 2 is 1.93 bits per heavy atom. The number of hydrogen-bond acceptors (Lipinski definition) is 2. The summed E-state index contributed by atoms with van der Waals surface area (Å²) in [6.45, 7) is 4.48. The van der Waals surface area contributed by atoms with Crippen molar-refractivity contribution in [3.8, 4) is 0 Å². The maximum atomic E-state index is 6.00. The monoisotopic (exact) mass is 270 g/mol. The predicted octanol–water partition coefficient (Wildman–Crippen LogP) is 3.06. The van der Waals surface area contributed by atoms with Gasteiger partial charge in [-0.25, -0.2) is 0 Å². The molecule has 0 saturated carbocycles. The molecule has 1 aliphatic rings. The van der Waals surface area contributed by atoms with Gasteiger partial charge < -0.3 is 9.47 Å². The lowest BCUT2D eigenvalue weighted by Crippen LogP contribution is -2.33. The van der Waals surface area contributed by atoms with Crippen LogP contribution in [0.3, 0.4) is 0 Å². The number of ether oxygens (including phenoxy) is 2. The second kappa shape index (κ2) is 3.89. The van der Waals surface area contributed by atoms with E-state index in [-0.39, 0.29) is 5.60 Å². The first-order valence-electron chi connectivity index (χ1n) is 5.04. The molecule has 82 valence electrons. The zero-order valence-corrected chi connectivity index (χ0v) is 10.6. The first-order chi connectivity index (χ1) is 7.08. The van der Waals surface area contributed by atoms with Gasteiger partial charge in [-0.3, -0.25) is 0 Å². The molecule has 0 spiro atoms. The van der Waals surface area contributed by atoms with Crippen molar-refractivity contribution in [3.05, 3.63) is 35.9 Å². The molecule has 0 N–H and O–H groups in total. The van der Waals surface area contributed by atoms with Crippen LogP contribution in [0.4, 0.5) is 0 Å². The van der Waals surface area contributed by atoms with Crippen molar-refractivity contribution in [1.82, 2.24) is 0 Å². The third kappa shape index (κ3) is 2.10. The molecule has 1 saturated heterocycles. The molecule has 1 atom stereocenters. The second-order valence-corrected chi connectivity index (χ2v) is 4.85. The Kier molecular flexibility index (Phi) is 2.88. The molecule has 2 nitrogen and oxygen atoms in total. The number of rotatable bonds is 2. The summed E-state index contributed by atoms with van der Waals surface area (Å²) in [5.74, 6) is -0.496. The Balaban J connectivity index is 2.32. The van der Waals surface area contributed by atoms with Crippen molar-refractivity contribution in [1.29, 1.82) is 0 Å². The van der Waals surface area contributed by atoms with Crippen LogP contribution in [-0.2, 0) is 15.1 Å². The summed E-state index contributed by atoms with van der Waals surface area (Å²) >= 11 is 3.52. The highest BCUT2D eigenvalue weighted by molar-refractivity contribution is 9.09. The predicted molar refractivity (Wildman–Crippen MR) is 63.0 cm³/mol. The Hall–Kier alpha value is -0.380. The van der Waals surface area contributed by atoms with Gasteiger partial charge >= 0.3 is 0 Å². The third-order valence-corrected chi connectivity index (χ3v) is 3.52. The van der Waals surface area contributed by atoms with E-state index in [2.05, 4.69) is 28.1 Å². The van der Waals surface area contributed by atoms with Gasteiger partial charge in [-0.15, -0.1) is 0 Å². The Morgan fingerprint density at radius 1 is 1.27 bits per heavy atom. The molecule has 1 aliphatic heterocycles. The van der Waals surface area contributed by atoms with Crippen molar-refractivity contribution in [3.63, 3.8) is 0 Å². The number of hydrogen-bond donors (Lipinski definition) is 0. The summed E-state index contributed by atoms with van der Waals surface area (Å²) in [4.78, 5) is 0. The highest BCUT2D eigenvalue weighted by Gasteiger charge is 2.45. The van der Waals surface area contributed by atoms with Crippen LogP contribution in [0.25, 0.3) is 0 Å². The molecule has 2 rings (SSSR count). The molecule has 0 radical (unpaired) electrons. The van der Waals surface area contributed by atoms with E-state index in [1.807, 2.05) is 32.0 Å². The molecule has 1 heterocycles. The van der Waals surface area contributed by atoms with E-state index >= 15 is 0 Å². The Labute approximate surface area is 98.7 Å². The minimum absolute atomic E-state index is 0.342. The lowest BCUT2D eigenvalue weighted by Gasteiger charge is -2.27. The van der Waals surface area contributed by atoms with Gasteiger partial charge in [0.15, 0.2) is 5.79 Å². The van der Waals surface area contributed by atoms with Crippen LogP contribution in [0.15, 0.2) is 30.3 Å². The maximum Gasteiger partial charge on any atom is 0.164 e. The highest BCUT2D eigenvalue weighted by Crippen LogP contribution is 2.39. The van der Waals surface area contributed by atoms with Gasteiger partial charge in [-0.1, -0.05) is 46.3 Å². The molecular weight excluding hydrogens is 256 g/mol. The van der Waals surface area contributed by atoms with Crippen LogP contribution in [-0.4, -0.2) is 17.7 Å². The minimum Gasteiger partial charge on any atom is -0.347 e. The van der Waals surface area contributed by atoms with E-state index in [0.717, 1.165) is 10.9 Å². The van der Waals surface area contributed by atoms with Crippen LogP contribution >= 0.6 is 15.9 Å². The molecule has 1 fully saturated rings. The van der Waals surface area contributed by atoms with Crippen LogP contribution < -0.4 is 0 Å². The van der Waals surface area contributed by atoms with E-state index in [4.69, 9.17) is 9.47 Å². The van der Waals surface area contributed by atoms with Crippen molar-refractivity contribution in [2.24, 2.45) is 0 Å². The maximum absolute atomic E-state index is 6.00. The lowest BCUT2D eigenvalue weighted by molar-refractivity contribution is -0.158. The molecule has 3 heteroatoms. The van der Waals surface area contributed by atoms with Crippen LogP contribution in [0.2, 0.25) is 0 Å². The van der Waals surface area contributed by atoms with E-state index < -0.39 is 5.79 Å². The third-order valence-electron chi connectivity index (χ3n) is 2.61. The van der Waals surface area contributed by atoms with E-state index in [1.54, 1.807) is 0 Å². The van der Waals surface area contributed by atoms with E-state index in [0.29, 0.717) is 6.61 Å². The smallest absolute Gasteiger partial charge is 0.164 e. The fraction of sp³-hybridized carbons (Fsp3) is 0.500. The van der Waals surface area contributed by atoms with Gasteiger partial charge in [0.05, 0.1) is 6.61 Å². The van der Waals surface area contributed by atoms with Crippen LogP contribution in [0.5, 0.6) is 0 Å². The Morgan fingerprint density at radius 3 is 2.40 bits per heavy atom. The molecule has 0 unspecified atom stereocenters. The van der Waals surface area contributed by atoms with E-state index in [9.17, 15) is 0 Å². The zero-order chi connectivity index (χ0) is 10.9. The topological polar surface area (TPSA) is 18.5 Å². The number of benzene rings is 1. The van der Waals surface area contributed by atoms with Crippen molar-refractivity contribution < 1.29 is 9.47 Å². The first kappa shape index (κ1) is 11.1. The van der Waals surface area contributed by atoms with Gasteiger partial charge in [0.1, 0.15) is 5.60 Å². The average Bonchev–Trinajstić information content (AvgIpc) is 2.57. The van der Waals surface area contributed by atoms with Gasteiger partial charge in [0, 0.05) is 5.33 Å². The summed E-state index contributed by atoms with van der Waals surface area (Å²) in [5, 5.41) is 0.743. The van der Waals surface area contributed by atoms with Gasteiger partial charge in [0.2, 0.25) is 0 Å². The molecule has 1 aromatic carbocycles. The number of halogens is 1. The van der Waals surface area contributed by atoms with Crippen LogP contribution in [0, 0.1) is 0 Å². The second-order valence-electron chi connectivity index (χ2n) is 4.28. The van der Waals surface area contributed by atoms with E-state index in [1.165, 1.54) is 0 Å². The minimum atomic E-state index is -0.496. The largest absolute Gasteiger partial charge is 0.347 e. The molecule has 1 aromatic rings. The lowest BCUT2D eigenvalue weighted by atomic mass is 9.97. The van der Waals surface area contributed by atoms with Gasteiger partial charge in [0.25, 0.3) is 0 Å². The standard InChI is InChI=1S/C12H15BrO2/c1-11(2)14-9-12(8-13,15-11)10-6-4-3-5-7-10/h3-7H,8-9H2,1-2H3/t12-/m1/s1. The molecular formula is C12H15BrO2. The van der Waals surface area contributed by atoms with Crippen LogP contribution in [0.1, 0.15) is 19.4 Å². The summed E-state index contributed by atoms with van der Waals surface area (Å²) in [5.41, 5.74) is 0.817.